The first-order valence-electron chi connectivity index (χ1n) is 10.0. The van der Waals surface area contributed by atoms with Gasteiger partial charge in [-0.15, -0.1) is 0 Å². The standard InChI is InChI=1S/C22H21N7O/c23-13-29-12-14-6-7-20(29)21(14)26-22(30)19-10-18(27-28-19)16-11-24-9-8-17(16)25-15-4-2-1-3-5-15/h1-5,8-11,14,20-21H,6-7,12H2,(H,24,25)(H,26,30)(H,27,28)/t14?,20?,21-/m1/s1. The Labute approximate surface area is 173 Å². The minimum atomic E-state index is -0.222. The average molecular weight is 399 g/mol. The number of anilines is 2. The summed E-state index contributed by atoms with van der Waals surface area (Å²) in [5.74, 6) is 0.109. The fourth-order valence-corrected chi connectivity index (χ4v) is 4.53. The van der Waals surface area contributed by atoms with Crippen molar-refractivity contribution in [2.45, 2.75) is 24.9 Å². The lowest BCUT2D eigenvalue weighted by atomic mass is 10.1. The third kappa shape index (κ3) is 3.24. The van der Waals surface area contributed by atoms with E-state index in [1.807, 2.05) is 36.4 Å². The van der Waals surface area contributed by atoms with Gasteiger partial charge in [0, 0.05) is 30.2 Å². The number of benzene rings is 1. The Balaban J connectivity index is 1.34. The monoisotopic (exact) mass is 399 g/mol. The Bertz CT molecular complexity index is 1100. The molecular formula is C22H21N7O. The predicted octanol–water partition coefficient (Wildman–Crippen LogP) is 2.89. The van der Waals surface area contributed by atoms with E-state index in [2.05, 4.69) is 32.0 Å². The molecule has 3 N–H and O–H groups in total. The van der Waals surface area contributed by atoms with Gasteiger partial charge in [-0.2, -0.15) is 10.4 Å². The van der Waals surface area contributed by atoms with Gasteiger partial charge in [-0.3, -0.25) is 14.9 Å². The highest BCUT2D eigenvalue weighted by molar-refractivity contribution is 5.94. The Hall–Kier alpha value is -3.86. The molecule has 8 heteroatoms. The summed E-state index contributed by atoms with van der Waals surface area (Å²) in [6, 6.07) is 13.6. The van der Waals surface area contributed by atoms with Crippen molar-refractivity contribution in [3.8, 4) is 17.5 Å². The lowest BCUT2D eigenvalue weighted by Gasteiger charge is -2.21. The molecule has 150 valence electrons. The molecule has 0 spiro atoms. The van der Waals surface area contributed by atoms with Crippen LogP contribution in [0.5, 0.6) is 0 Å². The minimum absolute atomic E-state index is 0.00556. The van der Waals surface area contributed by atoms with Crippen LogP contribution in [-0.4, -0.2) is 44.6 Å². The van der Waals surface area contributed by atoms with Crippen LogP contribution in [0.1, 0.15) is 23.3 Å². The number of nitrogens with zero attached hydrogens (tertiary/aromatic N) is 4. The number of hydrogen-bond acceptors (Lipinski definition) is 6. The minimum Gasteiger partial charge on any atom is -0.355 e. The summed E-state index contributed by atoms with van der Waals surface area (Å²) in [6.45, 7) is 0.724. The third-order valence-corrected chi connectivity index (χ3v) is 5.99. The largest absolute Gasteiger partial charge is 0.355 e. The number of rotatable bonds is 5. The van der Waals surface area contributed by atoms with Gasteiger partial charge >= 0.3 is 0 Å². The summed E-state index contributed by atoms with van der Waals surface area (Å²) in [7, 11) is 0. The fraction of sp³-hybridized carbons (Fsp3) is 0.273. The first kappa shape index (κ1) is 18.2. The molecule has 1 aliphatic carbocycles. The topological polar surface area (TPSA) is 110 Å². The lowest BCUT2D eigenvalue weighted by Crippen LogP contribution is -2.42. The predicted molar refractivity (Wildman–Crippen MR) is 112 cm³/mol. The second kappa shape index (κ2) is 7.52. The van der Waals surface area contributed by atoms with Crippen molar-refractivity contribution in [1.82, 2.24) is 25.4 Å². The molecule has 2 unspecified atom stereocenters. The van der Waals surface area contributed by atoms with Gasteiger partial charge < -0.3 is 15.5 Å². The zero-order chi connectivity index (χ0) is 20.5. The highest BCUT2D eigenvalue weighted by atomic mass is 16.2. The van der Waals surface area contributed by atoms with Crippen molar-refractivity contribution < 1.29 is 4.79 Å². The second-order valence-corrected chi connectivity index (χ2v) is 7.74. The Kier molecular flexibility index (Phi) is 4.56. The van der Waals surface area contributed by atoms with Crippen LogP contribution in [0.4, 0.5) is 11.4 Å². The van der Waals surface area contributed by atoms with E-state index in [9.17, 15) is 10.1 Å². The molecule has 2 aliphatic rings. The van der Waals surface area contributed by atoms with Crippen molar-refractivity contribution in [2.24, 2.45) is 5.92 Å². The molecule has 3 aromatic rings. The first-order valence-corrected chi connectivity index (χ1v) is 10.0. The molecule has 1 aliphatic heterocycles. The van der Waals surface area contributed by atoms with E-state index in [0.717, 1.165) is 36.3 Å². The maximum absolute atomic E-state index is 12.8. The normalized spacial score (nSPS) is 22.0. The number of amides is 1. The van der Waals surface area contributed by atoms with Crippen LogP contribution in [0.15, 0.2) is 54.9 Å². The van der Waals surface area contributed by atoms with Crippen molar-refractivity contribution in [2.75, 3.05) is 11.9 Å². The molecule has 2 aromatic heterocycles. The number of H-pyrrole nitrogens is 1. The van der Waals surface area contributed by atoms with E-state index < -0.39 is 0 Å². The van der Waals surface area contributed by atoms with Crippen LogP contribution >= 0.6 is 0 Å². The highest BCUT2D eigenvalue weighted by Crippen LogP contribution is 2.37. The number of carbonyl (C=O) groups excluding carboxylic acids is 1. The number of nitriles is 1. The number of para-hydroxylation sites is 1. The number of pyridine rings is 1. The summed E-state index contributed by atoms with van der Waals surface area (Å²) in [4.78, 5) is 18.8. The molecule has 2 bridgehead atoms. The summed E-state index contributed by atoms with van der Waals surface area (Å²) in [5, 5.41) is 22.9. The Morgan fingerprint density at radius 3 is 2.90 bits per heavy atom. The lowest BCUT2D eigenvalue weighted by molar-refractivity contribution is 0.0924. The van der Waals surface area contributed by atoms with Gasteiger partial charge in [-0.05, 0) is 43.0 Å². The molecule has 5 rings (SSSR count). The molecule has 1 aromatic carbocycles. The van der Waals surface area contributed by atoms with Gasteiger partial charge in [0.2, 0.25) is 0 Å². The number of aromatic amines is 1. The average Bonchev–Trinajstić information content (AvgIpc) is 3.50. The Morgan fingerprint density at radius 2 is 2.10 bits per heavy atom. The smallest absolute Gasteiger partial charge is 0.272 e. The molecule has 3 atom stereocenters. The number of nitrogens with one attached hydrogen (secondary N) is 3. The number of piperidine rings is 1. The van der Waals surface area contributed by atoms with Crippen LogP contribution in [-0.2, 0) is 0 Å². The second-order valence-electron chi connectivity index (χ2n) is 7.74. The molecule has 1 saturated heterocycles. The van der Waals surface area contributed by atoms with Crippen LogP contribution in [0.25, 0.3) is 11.3 Å². The molecule has 1 saturated carbocycles. The number of hydrogen-bond donors (Lipinski definition) is 3. The van der Waals surface area contributed by atoms with Crippen molar-refractivity contribution in [3.63, 3.8) is 0 Å². The van der Waals surface area contributed by atoms with Gasteiger partial charge in [0.05, 0.1) is 23.5 Å². The van der Waals surface area contributed by atoms with Crippen molar-refractivity contribution in [1.29, 1.82) is 5.26 Å². The maximum Gasteiger partial charge on any atom is 0.272 e. The van der Waals surface area contributed by atoms with Gasteiger partial charge in [-0.1, -0.05) is 18.2 Å². The summed E-state index contributed by atoms with van der Waals surface area (Å²) in [5.41, 5.74) is 3.69. The number of aromatic nitrogens is 3. The molecule has 0 radical (unpaired) electrons. The SMILES string of the molecule is N#CN1CC2CCC1[C@@H]2NC(=O)c1cc(-c2cnccc2Nc2ccccc2)[nH]n1. The van der Waals surface area contributed by atoms with Gasteiger partial charge in [0.1, 0.15) is 0 Å². The van der Waals surface area contributed by atoms with Crippen LogP contribution in [0, 0.1) is 17.4 Å². The number of carbonyl (C=O) groups is 1. The fourth-order valence-electron chi connectivity index (χ4n) is 4.53. The summed E-state index contributed by atoms with van der Waals surface area (Å²) >= 11 is 0. The van der Waals surface area contributed by atoms with Crippen LogP contribution in [0.2, 0.25) is 0 Å². The zero-order valence-electron chi connectivity index (χ0n) is 16.2. The van der Waals surface area contributed by atoms with Crippen LogP contribution in [0.3, 0.4) is 0 Å². The Morgan fingerprint density at radius 1 is 1.23 bits per heavy atom. The van der Waals surface area contributed by atoms with E-state index in [-0.39, 0.29) is 18.0 Å². The van der Waals surface area contributed by atoms with Gasteiger partial charge in [-0.25, -0.2) is 0 Å². The third-order valence-electron chi connectivity index (χ3n) is 5.99. The van der Waals surface area contributed by atoms with Crippen LogP contribution < -0.4 is 10.6 Å². The van der Waals surface area contributed by atoms with E-state index in [4.69, 9.17) is 0 Å². The molecule has 30 heavy (non-hydrogen) atoms. The van der Waals surface area contributed by atoms with Crippen molar-refractivity contribution in [3.05, 3.63) is 60.6 Å². The van der Waals surface area contributed by atoms with E-state index in [1.54, 1.807) is 23.4 Å². The molecule has 1 amide bonds. The number of likely N-dealkylation sites (tertiary alicyclic amines) is 1. The molecular weight excluding hydrogens is 378 g/mol. The molecule has 2 fully saturated rings. The molecule has 3 heterocycles. The van der Waals surface area contributed by atoms with Crippen molar-refractivity contribution >= 4 is 17.3 Å². The van der Waals surface area contributed by atoms with E-state index in [1.165, 1.54) is 0 Å². The van der Waals surface area contributed by atoms with E-state index in [0.29, 0.717) is 17.3 Å². The first-order chi connectivity index (χ1) is 14.7. The zero-order valence-corrected chi connectivity index (χ0v) is 16.2. The number of fused-ring (bicyclic) bond motifs is 2. The summed E-state index contributed by atoms with van der Waals surface area (Å²) < 4.78 is 0. The van der Waals surface area contributed by atoms with E-state index >= 15 is 0 Å². The summed E-state index contributed by atoms with van der Waals surface area (Å²) in [6.07, 6.45) is 7.68. The highest BCUT2D eigenvalue weighted by Gasteiger charge is 2.47. The quantitative estimate of drug-likeness (QED) is 0.569. The van der Waals surface area contributed by atoms with Gasteiger partial charge in [0.15, 0.2) is 11.9 Å². The maximum atomic E-state index is 12.8. The van der Waals surface area contributed by atoms with Gasteiger partial charge in [0.25, 0.3) is 5.91 Å². The molecule has 8 nitrogen and oxygen atoms in total.